The van der Waals surface area contributed by atoms with Gasteiger partial charge >= 0.3 is 5.97 Å². The standard InChI is InChI=1S/C32H41N3O2/c1-22(2)31(36)37-32(21-25-16-17-26(32)30(23(25)3)24-11-6-5-7-12-24)18-20-35(4)19-10-15-29-33-27-13-8-9-14-28(27)34-29/h5-9,11-14,22,25-26H,10,15-21H2,1-4H3,(H,33,34)/t25-,26-,32+/m1/s1. The molecule has 1 heterocycles. The minimum absolute atomic E-state index is 0.0647. The predicted octanol–water partition coefficient (Wildman–Crippen LogP) is 6.66. The lowest BCUT2D eigenvalue weighted by Crippen LogP contribution is -2.53. The number of nitrogens with one attached hydrogen (secondary N) is 1. The van der Waals surface area contributed by atoms with E-state index in [2.05, 4.69) is 66.3 Å². The average Bonchev–Trinajstić information content (AvgIpc) is 3.32. The average molecular weight is 500 g/mol. The quantitative estimate of drug-likeness (QED) is 0.317. The second-order valence-corrected chi connectivity index (χ2v) is 11.5. The van der Waals surface area contributed by atoms with Crippen molar-refractivity contribution in [3.8, 4) is 0 Å². The number of carbonyl (C=O) groups excluding carboxylic acids is 1. The van der Waals surface area contributed by atoms with Crippen molar-refractivity contribution in [3.63, 3.8) is 0 Å². The van der Waals surface area contributed by atoms with Gasteiger partial charge in [0.1, 0.15) is 11.4 Å². The van der Waals surface area contributed by atoms with Crippen molar-refractivity contribution in [2.75, 3.05) is 20.1 Å². The smallest absolute Gasteiger partial charge is 0.308 e. The highest BCUT2D eigenvalue weighted by Crippen LogP contribution is 2.56. The van der Waals surface area contributed by atoms with Gasteiger partial charge in [0.25, 0.3) is 0 Å². The lowest BCUT2D eigenvalue weighted by Gasteiger charge is -2.53. The molecule has 3 atom stereocenters. The summed E-state index contributed by atoms with van der Waals surface area (Å²) >= 11 is 0. The van der Waals surface area contributed by atoms with Gasteiger partial charge in [-0.2, -0.15) is 0 Å². The highest BCUT2D eigenvalue weighted by molar-refractivity contribution is 5.76. The molecule has 2 bridgehead atoms. The highest BCUT2D eigenvalue weighted by atomic mass is 16.6. The minimum atomic E-state index is -0.429. The number of esters is 1. The summed E-state index contributed by atoms with van der Waals surface area (Å²) in [5.41, 5.74) is 5.92. The molecule has 0 saturated heterocycles. The van der Waals surface area contributed by atoms with Crippen LogP contribution in [0.3, 0.4) is 0 Å². The van der Waals surface area contributed by atoms with Gasteiger partial charge in [-0.15, -0.1) is 0 Å². The van der Waals surface area contributed by atoms with Crippen molar-refractivity contribution in [2.24, 2.45) is 17.8 Å². The van der Waals surface area contributed by atoms with Gasteiger partial charge in [0.05, 0.1) is 17.0 Å². The van der Waals surface area contributed by atoms with E-state index in [-0.39, 0.29) is 17.8 Å². The van der Waals surface area contributed by atoms with E-state index in [0.29, 0.717) is 5.92 Å². The normalized spacial score (nSPS) is 23.4. The molecular weight excluding hydrogens is 458 g/mol. The van der Waals surface area contributed by atoms with Crippen molar-refractivity contribution < 1.29 is 9.53 Å². The molecule has 3 aromatic rings. The molecule has 2 aromatic carbocycles. The molecule has 0 radical (unpaired) electrons. The molecule has 1 fully saturated rings. The minimum Gasteiger partial charge on any atom is -0.458 e. The Bertz CT molecular complexity index is 1230. The fourth-order valence-electron chi connectivity index (χ4n) is 6.50. The van der Waals surface area contributed by atoms with Crippen LogP contribution in [0.1, 0.15) is 64.3 Å². The third-order valence-electron chi connectivity index (χ3n) is 8.59. The maximum atomic E-state index is 13.0. The van der Waals surface area contributed by atoms with Crippen LogP contribution in [-0.4, -0.2) is 46.6 Å². The zero-order valence-electron chi connectivity index (χ0n) is 22.8. The van der Waals surface area contributed by atoms with Gasteiger partial charge < -0.3 is 14.6 Å². The Morgan fingerprint density at radius 3 is 2.62 bits per heavy atom. The Morgan fingerprint density at radius 1 is 1.11 bits per heavy atom. The number of aryl methyl sites for hydroxylation is 1. The third kappa shape index (κ3) is 5.38. The zero-order chi connectivity index (χ0) is 26.0. The van der Waals surface area contributed by atoms with Crippen LogP contribution in [0.25, 0.3) is 16.6 Å². The number of carbonyl (C=O) groups is 1. The van der Waals surface area contributed by atoms with Gasteiger partial charge in [-0.1, -0.05) is 61.9 Å². The molecule has 1 N–H and O–H groups in total. The fourth-order valence-corrected chi connectivity index (χ4v) is 6.50. The predicted molar refractivity (Wildman–Crippen MR) is 150 cm³/mol. The van der Waals surface area contributed by atoms with E-state index < -0.39 is 5.60 Å². The summed E-state index contributed by atoms with van der Waals surface area (Å²) in [7, 11) is 2.19. The number of aromatic amines is 1. The summed E-state index contributed by atoms with van der Waals surface area (Å²) in [6, 6.07) is 19.0. The Morgan fingerprint density at radius 2 is 1.86 bits per heavy atom. The van der Waals surface area contributed by atoms with E-state index in [1.807, 2.05) is 26.0 Å². The van der Waals surface area contributed by atoms with Gasteiger partial charge in [-0.3, -0.25) is 4.79 Å². The van der Waals surface area contributed by atoms with Crippen molar-refractivity contribution >= 4 is 22.6 Å². The van der Waals surface area contributed by atoms with Crippen LogP contribution in [-0.2, 0) is 16.0 Å². The topological polar surface area (TPSA) is 58.2 Å². The monoisotopic (exact) mass is 499 g/mol. The number of benzene rings is 2. The molecule has 5 heteroatoms. The molecule has 3 aliphatic carbocycles. The summed E-state index contributed by atoms with van der Waals surface area (Å²) in [4.78, 5) is 23.6. The molecule has 0 unspecified atom stereocenters. The summed E-state index contributed by atoms with van der Waals surface area (Å²) in [5.74, 6) is 1.61. The number of hydrogen-bond donors (Lipinski definition) is 1. The summed E-state index contributed by atoms with van der Waals surface area (Å²) in [6.45, 7) is 8.09. The number of imidazole rings is 1. The Balaban J connectivity index is 1.28. The Kier molecular flexibility index (Phi) is 7.52. The Labute approximate surface area is 221 Å². The molecule has 1 saturated carbocycles. The fraction of sp³-hybridized carbons (Fsp3) is 0.500. The summed E-state index contributed by atoms with van der Waals surface area (Å²) in [5, 5.41) is 0. The number of fused-ring (bicyclic) bond motifs is 3. The van der Waals surface area contributed by atoms with Crippen LogP contribution in [0.15, 0.2) is 60.2 Å². The lowest BCUT2D eigenvalue weighted by atomic mass is 9.57. The maximum Gasteiger partial charge on any atom is 0.308 e. The van der Waals surface area contributed by atoms with Gasteiger partial charge in [0.2, 0.25) is 0 Å². The molecule has 1 aromatic heterocycles. The summed E-state index contributed by atoms with van der Waals surface area (Å²) < 4.78 is 6.52. The first-order valence-electron chi connectivity index (χ1n) is 14.0. The van der Waals surface area contributed by atoms with Crippen molar-refractivity contribution in [1.29, 1.82) is 0 Å². The molecule has 0 amide bonds. The zero-order valence-corrected chi connectivity index (χ0v) is 22.8. The van der Waals surface area contributed by atoms with Crippen LogP contribution >= 0.6 is 0 Å². The van der Waals surface area contributed by atoms with Crippen molar-refractivity contribution in [2.45, 2.75) is 64.9 Å². The van der Waals surface area contributed by atoms with Gasteiger partial charge in [-0.25, -0.2) is 4.98 Å². The molecule has 6 rings (SSSR count). The third-order valence-corrected chi connectivity index (χ3v) is 8.59. The number of hydrogen-bond acceptors (Lipinski definition) is 4. The summed E-state index contributed by atoms with van der Waals surface area (Å²) in [6.07, 6.45) is 6.07. The second kappa shape index (κ2) is 10.8. The second-order valence-electron chi connectivity index (χ2n) is 11.5. The molecule has 5 nitrogen and oxygen atoms in total. The molecule has 37 heavy (non-hydrogen) atoms. The SMILES string of the molecule is CC1=C(c2ccccc2)[C@H]2CC[C@@H]1C[C@]2(CCN(C)CCCc1nc2ccccc2[nH]1)OC(=O)C(C)C. The molecular formula is C32H41N3O2. The first-order chi connectivity index (χ1) is 17.9. The number of H-pyrrole nitrogens is 1. The first kappa shape index (κ1) is 25.7. The van der Waals surface area contributed by atoms with E-state index in [1.54, 1.807) is 0 Å². The van der Waals surface area contributed by atoms with E-state index in [0.717, 1.165) is 62.1 Å². The number of rotatable bonds is 10. The molecule has 0 aliphatic heterocycles. The van der Waals surface area contributed by atoms with Gasteiger partial charge in [-0.05, 0) is 75.4 Å². The molecule has 3 aliphatic rings. The Hall–Kier alpha value is -2.92. The van der Waals surface area contributed by atoms with Gasteiger partial charge in [0.15, 0.2) is 0 Å². The van der Waals surface area contributed by atoms with Crippen LogP contribution in [0, 0.1) is 17.8 Å². The van der Waals surface area contributed by atoms with E-state index in [1.165, 1.54) is 23.1 Å². The molecule has 0 spiro atoms. The van der Waals surface area contributed by atoms with E-state index in [9.17, 15) is 4.79 Å². The number of aromatic nitrogens is 2. The van der Waals surface area contributed by atoms with Crippen molar-refractivity contribution in [3.05, 3.63) is 71.6 Å². The first-order valence-corrected chi connectivity index (χ1v) is 14.0. The number of ether oxygens (including phenoxy) is 1. The lowest BCUT2D eigenvalue weighted by molar-refractivity contribution is -0.176. The van der Waals surface area contributed by atoms with Crippen LogP contribution in [0.5, 0.6) is 0 Å². The van der Waals surface area contributed by atoms with Crippen LogP contribution in [0.2, 0.25) is 0 Å². The van der Waals surface area contributed by atoms with Gasteiger partial charge in [0, 0.05) is 25.3 Å². The largest absolute Gasteiger partial charge is 0.458 e. The number of para-hydroxylation sites is 2. The number of nitrogens with zero attached hydrogens (tertiary/aromatic N) is 2. The van der Waals surface area contributed by atoms with E-state index in [4.69, 9.17) is 9.72 Å². The van der Waals surface area contributed by atoms with Crippen LogP contribution in [0.4, 0.5) is 0 Å². The maximum absolute atomic E-state index is 13.0. The van der Waals surface area contributed by atoms with Crippen LogP contribution < -0.4 is 0 Å². The number of allylic oxidation sites excluding steroid dienone is 1. The van der Waals surface area contributed by atoms with E-state index >= 15 is 0 Å². The highest BCUT2D eigenvalue weighted by Gasteiger charge is 2.53. The van der Waals surface area contributed by atoms with Crippen molar-refractivity contribution in [1.82, 2.24) is 14.9 Å². The molecule has 196 valence electrons.